The smallest absolute Gasteiger partial charge is 0.191 e. The van der Waals surface area contributed by atoms with Crippen LogP contribution in [0.4, 0.5) is 0 Å². The van der Waals surface area contributed by atoms with E-state index < -0.39 is 0 Å². The number of guanidine groups is 1. The molecule has 0 bridgehead atoms. The third-order valence-electron chi connectivity index (χ3n) is 6.12. The van der Waals surface area contributed by atoms with Gasteiger partial charge in [-0.1, -0.05) is 27.7 Å². The van der Waals surface area contributed by atoms with Crippen LogP contribution in [0.5, 0.6) is 0 Å². The molecule has 29 heavy (non-hydrogen) atoms. The molecule has 2 heterocycles. The number of aliphatic imine (C=N–C) groups is 1. The number of morpholine rings is 1. The van der Waals surface area contributed by atoms with Crippen LogP contribution in [0.25, 0.3) is 0 Å². The molecule has 2 fully saturated rings. The summed E-state index contributed by atoms with van der Waals surface area (Å²) in [7, 11) is 1.87. The highest BCUT2D eigenvalue weighted by molar-refractivity contribution is 14.0. The van der Waals surface area contributed by atoms with Gasteiger partial charge in [0.05, 0.1) is 13.2 Å². The van der Waals surface area contributed by atoms with Crippen LogP contribution in [0, 0.1) is 17.8 Å². The fourth-order valence-electron chi connectivity index (χ4n) is 4.76. The van der Waals surface area contributed by atoms with Crippen LogP contribution in [0.15, 0.2) is 4.99 Å². The number of nitrogens with one attached hydrogen (secondary N) is 2. The molecule has 3 atom stereocenters. The number of halogens is 1. The summed E-state index contributed by atoms with van der Waals surface area (Å²) in [5.74, 6) is 3.24. The first kappa shape index (κ1) is 26.9. The minimum atomic E-state index is 0. The molecule has 2 N–H and O–H groups in total. The summed E-state index contributed by atoms with van der Waals surface area (Å²) in [4.78, 5) is 9.62. The van der Waals surface area contributed by atoms with Gasteiger partial charge in [-0.25, -0.2) is 0 Å². The van der Waals surface area contributed by atoms with Crippen molar-refractivity contribution in [3.63, 3.8) is 0 Å². The van der Waals surface area contributed by atoms with Crippen molar-refractivity contribution >= 4 is 29.9 Å². The van der Waals surface area contributed by atoms with Crippen molar-refractivity contribution in [3.05, 3.63) is 0 Å². The maximum absolute atomic E-state index is 5.51. The minimum absolute atomic E-state index is 0. The average Bonchev–Trinajstić information content (AvgIpc) is 2.66. The van der Waals surface area contributed by atoms with E-state index in [0.717, 1.165) is 57.2 Å². The van der Waals surface area contributed by atoms with Crippen LogP contribution >= 0.6 is 24.0 Å². The van der Waals surface area contributed by atoms with Gasteiger partial charge in [0.25, 0.3) is 0 Å². The first-order chi connectivity index (χ1) is 13.5. The maximum atomic E-state index is 5.51. The van der Waals surface area contributed by atoms with Crippen molar-refractivity contribution in [3.8, 4) is 0 Å². The van der Waals surface area contributed by atoms with E-state index in [1.807, 2.05) is 7.05 Å². The van der Waals surface area contributed by atoms with Gasteiger partial charge in [-0.2, -0.15) is 0 Å². The van der Waals surface area contributed by atoms with Gasteiger partial charge in [0.1, 0.15) is 0 Å². The zero-order valence-corrected chi connectivity index (χ0v) is 21.8. The molecule has 172 valence electrons. The van der Waals surface area contributed by atoms with Crippen molar-refractivity contribution in [1.82, 2.24) is 20.4 Å². The molecule has 2 rings (SSSR count). The Morgan fingerprint density at radius 2 is 1.72 bits per heavy atom. The van der Waals surface area contributed by atoms with E-state index in [2.05, 4.69) is 53.1 Å². The molecule has 0 aromatic heterocycles. The quantitative estimate of drug-likeness (QED) is 0.211. The summed E-state index contributed by atoms with van der Waals surface area (Å²) in [6, 6.07) is 0.519. The molecule has 0 aromatic rings. The number of hydrogen-bond acceptors (Lipinski definition) is 4. The van der Waals surface area contributed by atoms with Gasteiger partial charge in [-0.05, 0) is 43.6 Å². The van der Waals surface area contributed by atoms with Gasteiger partial charge in [-0.15, -0.1) is 24.0 Å². The predicted octanol–water partition coefficient (Wildman–Crippen LogP) is 2.88. The van der Waals surface area contributed by atoms with Crippen LogP contribution in [-0.2, 0) is 4.74 Å². The standard InChI is InChI=1S/C22H45N5O.HI/c1-18(2)21(27-10-12-28-13-11-27)15-25-22(23-5)24-8-6-7-9-26-16-19(3)14-20(4)17-26;/h18-21H,6-17H2,1-5H3,(H2,23,24,25);1H. The van der Waals surface area contributed by atoms with E-state index in [4.69, 9.17) is 4.74 Å². The summed E-state index contributed by atoms with van der Waals surface area (Å²) < 4.78 is 5.51. The summed E-state index contributed by atoms with van der Waals surface area (Å²) in [6.07, 6.45) is 3.84. The van der Waals surface area contributed by atoms with E-state index in [9.17, 15) is 0 Å². The monoisotopic (exact) mass is 523 g/mol. The zero-order valence-electron chi connectivity index (χ0n) is 19.5. The lowest BCUT2D eigenvalue weighted by molar-refractivity contribution is 0.00752. The minimum Gasteiger partial charge on any atom is -0.379 e. The van der Waals surface area contributed by atoms with E-state index in [1.54, 1.807) is 0 Å². The third kappa shape index (κ3) is 10.2. The molecule has 2 saturated heterocycles. The van der Waals surface area contributed by atoms with Gasteiger partial charge < -0.3 is 20.3 Å². The SMILES string of the molecule is CN=C(NCCCCN1CC(C)CC(C)C1)NCC(C(C)C)N1CCOCC1.I. The predicted molar refractivity (Wildman–Crippen MR) is 134 cm³/mol. The number of nitrogens with zero attached hydrogens (tertiary/aromatic N) is 3. The fourth-order valence-corrected chi connectivity index (χ4v) is 4.76. The van der Waals surface area contributed by atoms with Gasteiger partial charge in [0.15, 0.2) is 5.96 Å². The molecule has 0 aliphatic carbocycles. The fraction of sp³-hybridized carbons (Fsp3) is 0.955. The number of unbranched alkanes of at least 4 members (excludes halogenated alkanes) is 1. The Balaban J connectivity index is 0.00000420. The highest BCUT2D eigenvalue weighted by Crippen LogP contribution is 2.21. The molecule has 0 spiro atoms. The first-order valence-corrected chi connectivity index (χ1v) is 11.5. The summed E-state index contributed by atoms with van der Waals surface area (Å²) in [5.41, 5.74) is 0. The maximum Gasteiger partial charge on any atom is 0.191 e. The van der Waals surface area contributed by atoms with Crippen LogP contribution in [-0.4, -0.2) is 87.9 Å². The Kier molecular flexibility index (Phi) is 13.7. The third-order valence-corrected chi connectivity index (χ3v) is 6.12. The van der Waals surface area contributed by atoms with E-state index in [0.29, 0.717) is 12.0 Å². The largest absolute Gasteiger partial charge is 0.379 e. The molecular formula is C22H46IN5O. The molecule has 7 heteroatoms. The molecule has 2 aliphatic heterocycles. The lowest BCUT2D eigenvalue weighted by atomic mass is 9.92. The summed E-state index contributed by atoms with van der Waals surface area (Å²) in [6.45, 7) is 18.9. The summed E-state index contributed by atoms with van der Waals surface area (Å²) >= 11 is 0. The second-order valence-electron chi connectivity index (χ2n) is 9.25. The topological polar surface area (TPSA) is 52.1 Å². The van der Waals surface area contributed by atoms with Crippen molar-refractivity contribution in [1.29, 1.82) is 0 Å². The molecule has 0 saturated carbocycles. The van der Waals surface area contributed by atoms with Crippen LogP contribution in [0.2, 0.25) is 0 Å². The second kappa shape index (κ2) is 14.8. The van der Waals surface area contributed by atoms with E-state index >= 15 is 0 Å². The summed E-state index contributed by atoms with van der Waals surface area (Å²) in [5, 5.41) is 7.05. The van der Waals surface area contributed by atoms with Crippen molar-refractivity contribution < 1.29 is 4.74 Å². The molecule has 0 radical (unpaired) electrons. The Hall–Kier alpha value is -0.120. The highest BCUT2D eigenvalue weighted by atomic mass is 127. The molecule has 3 unspecified atom stereocenters. The molecule has 2 aliphatic rings. The Bertz CT molecular complexity index is 446. The van der Waals surface area contributed by atoms with Crippen molar-refractivity contribution in [2.45, 2.75) is 53.0 Å². The molecule has 0 amide bonds. The number of ether oxygens (including phenoxy) is 1. The number of hydrogen-bond donors (Lipinski definition) is 2. The van der Waals surface area contributed by atoms with E-state index in [-0.39, 0.29) is 24.0 Å². The number of piperidine rings is 1. The Morgan fingerprint density at radius 1 is 1.07 bits per heavy atom. The van der Waals surface area contributed by atoms with Gasteiger partial charge >= 0.3 is 0 Å². The van der Waals surface area contributed by atoms with Crippen molar-refractivity contribution in [2.24, 2.45) is 22.7 Å². The van der Waals surface area contributed by atoms with Crippen LogP contribution in [0.1, 0.15) is 47.0 Å². The van der Waals surface area contributed by atoms with Gasteiger partial charge in [0, 0.05) is 52.4 Å². The first-order valence-electron chi connectivity index (χ1n) is 11.5. The van der Waals surface area contributed by atoms with Gasteiger partial charge in [-0.3, -0.25) is 9.89 Å². The van der Waals surface area contributed by atoms with Crippen molar-refractivity contribution in [2.75, 3.05) is 66.1 Å². The number of rotatable bonds is 9. The average molecular weight is 524 g/mol. The molecular weight excluding hydrogens is 477 g/mol. The van der Waals surface area contributed by atoms with Crippen LogP contribution < -0.4 is 10.6 Å². The molecule has 6 nitrogen and oxygen atoms in total. The normalized spacial score (nSPS) is 25.5. The zero-order chi connectivity index (χ0) is 20.4. The van der Waals surface area contributed by atoms with Crippen LogP contribution in [0.3, 0.4) is 0 Å². The number of likely N-dealkylation sites (tertiary alicyclic amines) is 1. The lowest BCUT2D eigenvalue weighted by Crippen LogP contribution is -2.52. The van der Waals surface area contributed by atoms with Gasteiger partial charge in [0.2, 0.25) is 0 Å². The molecule has 0 aromatic carbocycles. The second-order valence-corrected chi connectivity index (χ2v) is 9.25. The Morgan fingerprint density at radius 3 is 2.31 bits per heavy atom. The Labute approximate surface area is 196 Å². The lowest BCUT2D eigenvalue weighted by Gasteiger charge is -2.37. The van der Waals surface area contributed by atoms with E-state index in [1.165, 1.54) is 38.9 Å². The highest BCUT2D eigenvalue weighted by Gasteiger charge is 2.24.